The van der Waals surface area contributed by atoms with Crippen LogP contribution in [0.25, 0.3) is 0 Å². The van der Waals surface area contributed by atoms with E-state index < -0.39 is 20.2 Å². The fourth-order valence-electron chi connectivity index (χ4n) is 2.78. The first-order chi connectivity index (χ1) is 12.5. The van der Waals surface area contributed by atoms with E-state index in [4.69, 9.17) is 4.74 Å². The van der Waals surface area contributed by atoms with Crippen LogP contribution >= 0.6 is 7.82 Å². The summed E-state index contributed by atoms with van der Waals surface area (Å²) in [6, 6.07) is 0. The third-order valence-electron chi connectivity index (χ3n) is 4.29. The van der Waals surface area contributed by atoms with Crippen molar-refractivity contribution in [3.05, 3.63) is 0 Å². The molecule has 0 heterocycles. The van der Waals surface area contributed by atoms with E-state index in [0.717, 1.165) is 12.8 Å². The van der Waals surface area contributed by atoms with Gasteiger partial charge in [-0.05, 0) is 6.42 Å². The first-order valence-corrected chi connectivity index (χ1v) is 11.7. The molecule has 0 aromatic heterocycles. The van der Waals surface area contributed by atoms with Gasteiger partial charge in [-0.25, -0.2) is 0 Å². The normalized spacial score (nSPS) is 11.8. The highest BCUT2D eigenvalue weighted by molar-refractivity contribution is 7.43. The zero-order valence-electron chi connectivity index (χ0n) is 16.4. The van der Waals surface area contributed by atoms with Gasteiger partial charge in [-0.3, -0.25) is 4.79 Å². The Hall–Kier alpha value is -0.260. The Bertz CT molecular complexity index is 369. The second-order valence-electron chi connectivity index (χ2n) is 6.91. The van der Waals surface area contributed by atoms with Crippen LogP contribution in [0.15, 0.2) is 0 Å². The van der Waals surface area contributed by atoms with Crippen molar-refractivity contribution in [3.8, 4) is 0 Å². The standard InChI is InChI=1S/C19H39O6P/c1-2-3-4-5-6-7-8-9-10-11-12-13-14-15-16-24-17-19(20)18-25-26(21,22)23/h2-18H2,1H3,(H2,21,22,23)/p-2. The Labute approximate surface area is 159 Å². The molecule has 0 saturated heterocycles. The lowest BCUT2D eigenvalue weighted by Crippen LogP contribution is -2.22. The molecule has 0 bridgehead atoms. The average molecular weight is 392 g/mol. The SMILES string of the molecule is CCCCCCCCCCCCCCCCOCC(=O)COP(=O)([O-])[O-]. The van der Waals surface area contributed by atoms with E-state index >= 15 is 0 Å². The number of carbonyl (C=O) groups is 1. The van der Waals surface area contributed by atoms with Gasteiger partial charge in [-0.15, -0.1) is 0 Å². The monoisotopic (exact) mass is 392 g/mol. The minimum Gasteiger partial charge on any atom is -0.790 e. The summed E-state index contributed by atoms with van der Waals surface area (Å²) >= 11 is 0. The molecule has 156 valence electrons. The van der Waals surface area contributed by atoms with Gasteiger partial charge < -0.3 is 23.6 Å². The molecule has 0 radical (unpaired) electrons. The predicted molar refractivity (Wildman–Crippen MR) is 99.7 cm³/mol. The van der Waals surface area contributed by atoms with Crippen molar-refractivity contribution < 1.29 is 28.4 Å². The number of Topliss-reactive ketones (excluding diaryl/α,β-unsaturated/α-hetero) is 1. The summed E-state index contributed by atoms with van der Waals surface area (Å²) in [6.45, 7) is 1.77. The first-order valence-electron chi connectivity index (χ1n) is 10.2. The lowest BCUT2D eigenvalue weighted by Gasteiger charge is -2.27. The maximum absolute atomic E-state index is 11.2. The predicted octanol–water partition coefficient (Wildman–Crippen LogP) is 3.90. The molecule has 0 rings (SSSR count). The van der Waals surface area contributed by atoms with E-state index in [1.807, 2.05) is 0 Å². The summed E-state index contributed by atoms with van der Waals surface area (Å²) in [5.74, 6) is -0.540. The molecule has 0 aliphatic rings. The lowest BCUT2D eigenvalue weighted by atomic mass is 10.0. The van der Waals surface area contributed by atoms with Crippen molar-refractivity contribution in [3.63, 3.8) is 0 Å². The number of rotatable bonds is 20. The summed E-state index contributed by atoms with van der Waals surface area (Å²) < 4.78 is 19.2. The second-order valence-corrected chi connectivity index (χ2v) is 8.06. The molecular formula is C19H37O6P-2. The largest absolute Gasteiger partial charge is 0.790 e. The second kappa shape index (κ2) is 18.1. The van der Waals surface area contributed by atoms with Crippen molar-refractivity contribution in [1.29, 1.82) is 0 Å². The fraction of sp³-hybridized carbons (Fsp3) is 0.947. The van der Waals surface area contributed by atoms with E-state index in [1.54, 1.807) is 0 Å². The number of unbranched alkanes of at least 4 members (excludes halogenated alkanes) is 13. The third kappa shape index (κ3) is 21.8. The van der Waals surface area contributed by atoms with E-state index in [1.165, 1.54) is 77.0 Å². The van der Waals surface area contributed by atoms with Crippen molar-refractivity contribution in [2.45, 2.75) is 96.8 Å². The minimum atomic E-state index is -5.07. The van der Waals surface area contributed by atoms with Crippen LogP contribution in [0, 0.1) is 0 Å². The summed E-state index contributed by atoms with van der Waals surface area (Å²) in [7, 11) is -5.07. The van der Waals surface area contributed by atoms with Crippen LogP contribution in [0.5, 0.6) is 0 Å². The minimum absolute atomic E-state index is 0.210. The maximum Gasteiger partial charge on any atom is 0.184 e. The van der Waals surface area contributed by atoms with Gasteiger partial charge in [-0.1, -0.05) is 90.4 Å². The Morgan fingerprint density at radius 1 is 0.731 bits per heavy atom. The van der Waals surface area contributed by atoms with Gasteiger partial charge in [-0.2, -0.15) is 0 Å². The third-order valence-corrected chi connectivity index (χ3v) is 4.73. The number of phosphoric acid groups is 1. The van der Waals surface area contributed by atoms with E-state index in [-0.39, 0.29) is 6.61 Å². The number of ketones is 1. The first kappa shape index (κ1) is 25.7. The van der Waals surface area contributed by atoms with Crippen LogP contribution in [-0.2, 0) is 18.6 Å². The molecule has 0 spiro atoms. The van der Waals surface area contributed by atoms with Crippen LogP contribution in [0.4, 0.5) is 0 Å². The number of ether oxygens (including phenoxy) is 1. The Balaban J connectivity index is 3.15. The highest BCUT2D eigenvalue weighted by Gasteiger charge is 2.03. The molecule has 0 fully saturated rings. The van der Waals surface area contributed by atoms with Crippen molar-refractivity contribution >= 4 is 13.6 Å². The molecule has 0 atom stereocenters. The molecular weight excluding hydrogens is 355 g/mol. The molecule has 0 N–H and O–H groups in total. The van der Waals surface area contributed by atoms with Gasteiger partial charge in [0.05, 0.1) is 7.82 Å². The Morgan fingerprint density at radius 2 is 1.15 bits per heavy atom. The van der Waals surface area contributed by atoms with Gasteiger partial charge in [0.2, 0.25) is 0 Å². The van der Waals surface area contributed by atoms with Crippen LogP contribution in [0.1, 0.15) is 96.8 Å². The molecule has 7 heteroatoms. The summed E-state index contributed by atoms with van der Waals surface area (Å²) in [5.41, 5.74) is 0. The molecule has 0 saturated carbocycles. The van der Waals surface area contributed by atoms with E-state index in [0.29, 0.717) is 6.61 Å². The highest BCUT2D eigenvalue weighted by atomic mass is 31.2. The molecule has 0 aliphatic heterocycles. The number of hydrogen-bond donors (Lipinski definition) is 0. The molecule has 0 amide bonds. The smallest absolute Gasteiger partial charge is 0.184 e. The van der Waals surface area contributed by atoms with E-state index in [9.17, 15) is 19.1 Å². The summed E-state index contributed by atoms with van der Waals surface area (Å²) in [4.78, 5) is 31.6. The van der Waals surface area contributed by atoms with Crippen molar-refractivity contribution in [1.82, 2.24) is 0 Å². The zero-order valence-corrected chi connectivity index (χ0v) is 17.3. The molecule has 0 aromatic rings. The molecule has 0 aromatic carbocycles. The molecule has 0 aliphatic carbocycles. The topological polar surface area (TPSA) is 98.7 Å². The zero-order chi connectivity index (χ0) is 19.5. The van der Waals surface area contributed by atoms with Gasteiger partial charge in [0.15, 0.2) is 5.78 Å². The van der Waals surface area contributed by atoms with Crippen molar-refractivity contribution in [2.24, 2.45) is 0 Å². The van der Waals surface area contributed by atoms with Gasteiger partial charge in [0.1, 0.15) is 13.2 Å². The fourth-order valence-corrected chi connectivity index (χ4v) is 3.08. The van der Waals surface area contributed by atoms with Gasteiger partial charge in [0.25, 0.3) is 0 Å². The van der Waals surface area contributed by atoms with Crippen LogP contribution in [0.2, 0.25) is 0 Å². The van der Waals surface area contributed by atoms with Crippen LogP contribution in [0.3, 0.4) is 0 Å². The van der Waals surface area contributed by atoms with Crippen molar-refractivity contribution in [2.75, 3.05) is 19.8 Å². The average Bonchev–Trinajstić information content (AvgIpc) is 2.59. The van der Waals surface area contributed by atoms with E-state index in [2.05, 4.69) is 11.4 Å². The van der Waals surface area contributed by atoms with Gasteiger partial charge >= 0.3 is 0 Å². The van der Waals surface area contributed by atoms with Crippen LogP contribution < -0.4 is 9.79 Å². The van der Waals surface area contributed by atoms with Crippen LogP contribution in [-0.4, -0.2) is 25.6 Å². The maximum atomic E-state index is 11.2. The molecule has 6 nitrogen and oxygen atoms in total. The Morgan fingerprint density at radius 3 is 1.58 bits per heavy atom. The Kier molecular flexibility index (Phi) is 17.9. The summed E-state index contributed by atoms with van der Waals surface area (Å²) in [6.07, 6.45) is 17.9. The molecule has 0 unspecified atom stereocenters. The number of phosphoric ester groups is 1. The number of hydrogen-bond acceptors (Lipinski definition) is 6. The quantitative estimate of drug-likeness (QED) is 0.230. The lowest BCUT2D eigenvalue weighted by molar-refractivity contribution is -0.341. The highest BCUT2D eigenvalue weighted by Crippen LogP contribution is 2.23. The number of carbonyl (C=O) groups excluding carboxylic acids is 1. The van der Waals surface area contributed by atoms with Gasteiger partial charge in [0, 0.05) is 6.61 Å². The molecule has 26 heavy (non-hydrogen) atoms. The summed E-state index contributed by atoms with van der Waals surface area (Å²) in [5, 5.41) is 0.